The fourth-order valence-corrected chi connectivity index (χ4v) is 5.46. The van der Waals surface area contributed by atoms with Gasteiger partial charge in [0.1, 0.15) is 10.2 Å². The smallest absolute Gasteiger partial charge is 0.254 e. The van der Waals surface area contributed by atoms with E-state index < -0.39 is 0 Å². The zero-order chi connectivity index (χ0) is 23.2. The van der Waals surface area contributed by atoms with Crippen LogP contribution in [0.1, 0.15) is 21.6 Å². The summed E-state index contributed by atoms with van der Waals surface area (Å²) in [6, 6.07) is 13.4. The average molecular weight is 485 g/mol. The number of benzene rings is 2. The Bertz CT molecular complexity index is 1110. The quantitative estimate of drug-likeness (QED) is 0.507. The van der Waals surface area contributed by atoms with Gasteiger partial charge in [0.05, 0.1) is 6.54 Å². The number of thioether (sulfide) groups is 1. The second-order valence-corrected chi connectivity index (χ2v) is 9.90. The topological polar surface area (TPSA) is 65.5 Å². The predicted molar refractivity (Wildman–Crippen MR) is 130 cm³/mol. The highest BCUT2D eigenvalue weighted by Gasteiger charge is 2.24. The van der Waals surface area contributed by atoms with Gasteiger partial charge in [-0.25, -0.2) is 9.37 Å². The molecule has 0 bridgehead atoms. The number of thiazole rings is 1. The summed E-state index contributed by atoms with van der Waals surface area (Å²) in [4.78, 5) is 33.9. The van der Waals surface area contributed by atoms with Gasteiger partial charge in [0, 0.05) is 54.3 Å². The third kappa shape index (κ3) is 6.40. The van der Waals surface area contributed by atoms with Gasteiger partial charge in [-0.2, -0.15) is 0 Å². The van der Waals surface area contributed by atoms with Crippen molar-refractivity contribution in [1.29, 1.82) is 0 Å². The van der Waals surface area contributed by atoms with Gasteiger partial charge in [-0.15, -0.1) is 11.3 Å². The summed E-state index contributed by atoms with van der Waals surface area (Å²) < 4.78 is 14.0. The van der Waals surface area contributed by atoms with E-state index in [1.54, 1.807) is 23.1 Å². The number of nitrogens with zero attached hydrogens (tertiary/aromatic N) is 3. The summed E-state index contributed by atoms with van der Waals surface area (Å²) in [5.41, 5.74) is 3.30. The van der Waals surface area contributed by atoms with E-state index in [1.807, 2.05) is 46.4 Å². The van der Waals surface area contributed by atoms with Crippen LogP contribution in [0.5, 0.6) is 0 Å². The minimum Gasteiger partial charge on any atom is -0.336 e. The number of anilines is 1. The number of aromatic nitrogens is 1. The lowest BCUT2D eigenvalue weighted by molar-refractivity contribution is -0.117. The van der Waals surface area contributed by atoms with Crippen LogP contribution in [0.4, 0.5) is 10.1 Å². The Morgan fingerprint density at radius 2 is 1.82 bits per heavy atom. The van der Waals surface area contributed by atoms with Gasteiger partial charge in [0.15, 0.2) is 0 Å². The Morgan fingerprint density at radius 1 is 1.09 bits per heavy atom. The number of nitrogens with one attached hydrogen (secondary N) is 1. The van der Waals surface area contributed by atoms with Gasteiger partial charge in [0.2, 0.25) is 5.91 Å². The van der Waals surface area contributed by atoms with Crippen LogP contribution in [0.15, 0.2) is 58.3 Å². The molecule has 1 fully saturated rings. The summed E-state index contributed by atoms with van der Waals surface area (Å²) in [6.45, 7) is 4.59. The molecular weight excluding hydrogens is 459 g/mol. The van der Waals surface area contributed by atoms with Crippen LogP contribution in [0.25, 0.3) is 0 Å². The van der Waals surface area contributed by atoms with Crippen molar-refractivity contribution in [2.75, 3.05) is 38.0 Å². The van der Waals surface area contributed by atoms with E-state index in [-0.39, 0.29) is 24.2 Å². The predicted octanol–water partition coefficient (Wildman–Crippen LogP) is 4.28. The summed E-state index contributed by atoms with van der Waals surface area (Å²) in [5, 5.41) is 4.80. The van der Waals surface area contributed by atoms with Gasteiger partial charge in [-0.1, -0.05) is 30.0 Å². The molecule has 1 aromatic heterocycles. The largest absolute Gasteiger partial charge is 0.336 e. The second-order valence-electron chi connectivity index (χ2n) is 7.82. The molecule has 0 atom stereocenters. The van der Waals surface area contributed by atoms with Crippen LogP contribution in [-0.2, 0) is 10.5 Å². The number of halogens is 1. The van der Waals surface area contributed by atoms with E-state index in [1.165, 1.54) is 24.3 Å². The lowest BCUT2D eigenvalue weighted by atomic mass is 10.1. The Balaban J connectivity index is 1.29. The number of carbonyl (C=O) groups is 2. The first-order chi connectivity index (χ1) is 16.0. The maximum atomic E-state index is 13.2. The van der Waals surface area contributed by atoms with E-state index in [4.69, 9.17) is 0 Å². The van der Waals surface area contributed by atoms with E-state index >= 15 is 0 Å². The Hall–Kier alpha value is -2.75. The molecule has 33 heavy (non-hydrogen) atoms. The molecule has 2 amide bonds. The van der Waals surface area contributed by atoms with Crippen LogP contribution < -0.4 is 5.32 Å². The number of hydrogen-bond acceptors (Lipinski definition) is 6. The molecule has 2 aromatic carbocycles. The number of hydrogen-bond donors (Lipinski definition) is 1. The van der Waals surface area contributed by atoms with Gasteiger partial charge >= 0.3 is 0 Å². The maximum absolute atomic E-state index is 13.2. The number of piperazine rings is 1. The summed E-state index contributed by atoms with van der Waals surface area (Å²) in [7, 11) is 0. The molecule has 3 aromatic rings. The van der Waals surface area contributed by atoms with Gasteiger partial charge < -0.3 is 10.2 Å². The van der Waals surface area contributed by atoms with Crippen LogP contribution in [-0.4, -0.2) is 59.3 Å². The number of carbonyl (C=O) groups excluding carboxylic acids is 2. The number of aryl methyl sites for hydroxylation is 1. The van der Waals surface area contributed by atoms with Crippen molar-refractivity contribution >= 4 is 40.6 Å². The minimum absolute atomic E-state index is 0.0249. The fraction of sp³-hybridized carbons (Fsp3) is 0.292. The first-order valence-corrected chi connectivity index (χ1v) is 12.5. The highest BCUT2D eigenvalue weighted by atomic mass is 32.2. The monoisotopic (exact) mass is 484 g/mol. The van der Waals surface area contributed by atoms with Crippen molar-refractivity contribution in [3.05, 3.63) is 76.5 Å². The van der Waals surface area contributed by atoms with E-state index in [2.05, 4.69) is 10.3 Å². The first kappa shape index (κ1) is 23.4. The van der Waals surface area contributed by atoms with Crippen molar-refractivity contribution in [2.24, 2.45) is 0 Å². The molecule has 4 rings (SSSR count). The molecule has 0 spiro atoms. The van der Waals surface area contributed by atoms with Gasteiger partial charge in [-0.05, 0) is 42.8 Å². The molecule has 1 aliphatic heterocycles. The maximum Gasteiger partial charge on any atom is 0.254 e. The molecule has 1 N–H and O–H groups in total. The van der Waals surface area contributed by atoms with Gasteiger partial charge in [0.25, 0.3) is 5.91 Å². The van der Waals surface area contributed by atoms with Crippen molar-refractivity contribution in [2.45, 2.75) is 17.0 Å². The molecular formula is C24H25FN4O2S2. The molecule has 9 heteroatoms. The van der Waals surface area contributed by atoms with Crippen molar-refractivity contribution in [3.63, 3.8) is 0 Å². The van der Waals surface area contributed by atoms with Crippen LogP contribution in [0.2, 0.25) is 0 Å². The SMILES string of the molecule is Cc1csc(SCc2ccccc2C(=O)N2CCN(CC(=O)Nc3ccc(F)cc3)CC2)n1. The zero-order valence-electron chi connectivity index (χ0n) is 18.3. The third-order valence-corrected chi connectivity index (χ3v) is 7.54. The van der Waals surface area contributed by atoms with Crippen LogP contribution in [0.3, 0.4) is 0 Å². The molecule has 6 nitrogen and oxygen atoms in total. The lowest BCUT2D eigenvalue weighted by Crippen LogP contribution is -2.50. The average Bonchev–Trinajstić information content (AvgIpc) is 3.24. The van der Waals surface area contributed by atoms with Crippen LogP contribution >= 0.6 is 23.1 Å². The lowest BCUT2D eigenvalue weighted by Gasteiger charge is -2.34. The summed E-state index contributed by atoms with van der Waals surface area (Å²) in [5.74, 6) is 0.226. The first-order valence-electron chi connectivity index (χ1n) is 10.7. The second kappa shape index (κ2) is 10.9. The normalized spacial score (nSPS) is 14.3. The molecule has 2 heterocycles. The summed E-state index contributed by atoms with van der Waals surface area (Å²) >= 11 is 3.26. The molecule has 0 aliphatic carbocycles. The Labute approximate surface area is 200 Å². The van der Waals surface area contributed by atoms with Crippen molar-refractivity contribution in [3.8, 4) is 0 Å². The highest BCUT2D eigenvalue weighted by molar-refractivity contribution is 8.00. The standard InChI is InChI=1S/C24H25FN4O2S2/c1-17-15-32-24(26-17)33-16-18-4-2-3-5-21(18)23(31)29-12-10-28(11-13-29)14-22(30)27-20-8-6-19(25)7-9-20/h2-9,15H,10-14,16H2,1H3,(H,27,30). The van der Waals surface area contributed by atoms with E-state index in [0.717, 1.165) is 21.2 Å². The van der Waals surface area contributed by atoms with Crippen molar-refractivity contribution < 1.29 is 14.0 Å². The zero-order valence-corrected chi connectivity index (χ0v) is 19.9. The molecule has 1 aliphatic rings. The number of rotatable bonds is 7. The fourth-order valence-electron chi connectivity index (χ4n) is 3.61. The van der Waals surface area contributed by atoms with E-state index in [9.17, 15) is 14.0 Å². The third-order valence-electron chi connectivity index (χ3n) is 5.35. The molecule has 0 unspecified atom stereocenters. The Kier molecular flexibility index (Phi) is 7.74. The van der Waals surface area contributed by atoms with Crippen LogP contribution in [0, 0.1) is 12.7 Å². The van der Waals surface area contributed by atoms with Gasteiger partial charge in [-0.3, -0.25) is 14.5 Å². The molecule has 172 valence electrons. The van der Waals surface area contributed by atoms with E-state index in [0.29, 0.717) is 37.6 Å². The molecule has 1 saturated heterocycles. The highest BCUT2D eigenvalue weighted by Crippen LogP contribution is 2.27. The molecule has 0 saturated carbocycles. The summed E-state index contributed by atoms with van der Waals surface area (Å²) in [6.07, 6.45) is 0. The Morgan fingerprint density at radius 3 is 2.52 bits per heavy atom. The minimum atomic E-state index is -0.341. The molecule has 0 radical (unpaired) electrons. The number of amides is 2. The van der Waals surface area contributed by atoms with Crippen molar-refractivity contribution in [1.82, 2.24) is 14.8 Å².